The summed E-state index contributed by atoms with van der Waals surface area (Å²) >= 11 is 5.72. The second-order valence-corrected chi connectivity index (χ2v) is 11.6. The van der Waals surface area contributed by atoms with E-state index >= 15 is 0 Å². The third-order valence-electron chi connectivity index (χ3n) is 3.69. The molecule has 0 aromatic heterocycles. The molecule has 0 saturated heterocycles. The number of halogens is 2. The molecule has 0 aliphatic heterocycles. The topological polar surface area (TPSA) is 29.5 Å². The fourth-order valence-corrected chi connectivity index (χ4v) is 3.14. The molecule has 1 atom stereocenters. The van der Waals surface area contributed by atoms with Crippen LogP contribution in [0.5, 0.6) is 0 Å². The van der Waals surface area contributed by atoms with Crippen molar-refractivity contribution in [3.63, 3.8) is 0 Å². The Labute approximate surface area is 120 Å². The minimum Gasteiger partial charge on any atom is -0.387 e. The van der Waals surface area contributed by atoms with E-state index in [0.717, 1.165) is 0 Å². The molecule has 2 nitrogen and oxygen atoms in total. The molecule has 0 amide bonds. The van der Waals surface area contributed by atoms with E-state index in [2.05, 4.69) is 20.8 Å². The molecule has 19 heavy (non-hydrogen) atoms. The Morgan fingerprint density at radius 3 is 2.16 bits per heavy atom. The Bertz CT molecular complexity index is 467. The maximum Gasteiger partial charge on any atom is 0.196 e. The van der Waals surface area contributed by atoms with E-state index in [9.17, 15) is 9.50 Å². The molecule has 0 bridgehead atoms. The van der Waals surface area contributed by atoms with Gasteiger partial charge in [0.15, 0.2) is 14.1 Å². The predicted octanol–water partition coefficient (Wildman–Crippen LogP) is 4.67. The summed E-state index contributed by atoms with van der Waals surface area (Å²) < 4.78 is 19.8. The largest absolute Gasteiger partial charge is 0.387 e. The van der Waals surface area contributed by atoms with Crippen molar-refractivity contribution in [1.82, 2.24) is 0 Å². The van der Waals surface area contributed by atoms with Crippen LogP contribution in [0.1, 0.15) is 33.3 Å². The summed E-state index contributed by atoms with van der Waals surface area (Å²) in [5.74, 6) is -2.21. The average molecular weight is 305 g/mol. The minimum absolute atomic E-state index is 0.0696. The van der Waals surface area contributed by atoms with E-state index in [1.165, 1.54) is 19.1 Å². The molecular weight excluding hydrogens is 283 g/mol. The summed E-state index contributed by atoms with van der Waals surface area (Å²) in [5, 5.41) is 10.7. The molecule has 0 heterocycles. The molecule has 0 spiro atoms. The van der Waals surface area contributed by atoms with Gasteiger partial charge in [-0.1, -0.05) is 32.4 Å². The van der Waals surface area contributed by atoms with Gasteiger partial charge in [0.2, 0.25) is 0 Å². The maximum atomic E-state index is 13.9. The second-order valence-electron chi connectivity index (χ2n) is 6.47. The molecule has 0 aliphatic carbocycles. The minimum atomic E-state index is -2.21. The first-order valence-corrected chi connectivity index (χ1v) is 9.53. The number of hydrogen-bond acceptors (Lipinski definition) is 2. The SMILES string of the molecule is CC(O)(O[Si](C)(C)C(C)(C)C)c1ccc(Cl)cc1F. The highest BCUT2D eigenvalue weighted by Gasteiger charge is 2.43. The maximum absolute atomic E-state index is 13.9. The van der Waals surface area contributed by atoms with Crippen molar-refractivity contribution >= 4 is 19.9 Å². The summed E-state index contributed by atoms with van der Waals surface area (Å²) in [6, 6.07) is 4.19. The van der Waals surface area contributed by atoms with Crippen molar-refractivity contribution < 1.29 is 13.9 Å². The Balaban J connectivity index is 3.11. The van der Waals surface area contributed by atoms with E-state index in [0.29, 0.717) is 5.02 Å². The molecule has 0 aliphatic rings. The van der Waals surface area contributed by atoms with Crippen LogP contribution in [0.2, 0.25) is 23.2 Å². The normalized spacial score (nSPS) is 16.3. The Hall–Kier alpha value is -0.423. The lowest BCUT2D eigenvalue weighted by molar-refractivity contribution is -0.141. The third kappa shape index (κ3) is 3.78. The van der Waals surface area contributed by atoms with E-state index < -0.39 is 19.9 Å². The zero-order valence-corrected chi connectivity index (χ0v) is 14.1. The molecular formula is C14H22ClFO2Si. The van der Waals surface area contributed by atoms with Gasteiger partial charge in [0, 0.05) is 10.6 Å². The van der Waals surface area contributed by atoms with Crippen molar-refractivity contribution in [2.24, 2.45) is 0 Å². The summed E-state index contributed by atoms with van der Waals surface area (Å²) in [7, 11) is -2.21. The van der Waals surface area contributed by atoms with Crippen LogP contribution in [-0.2, 0) is 10.2 Å². The summed E-state index contributed by atoms with van der Waals surface area (Å²) in [6.07, 6.45) is 0. The molecule has 0 fully saturated rings. The zero-order chi connectivity index (χ0) is 15.1. The fourth-order valence-electron chi connectivity index (χ4n) is 1.57. The molecule has 1 aromatic carbocycles. The Morgan fingerprint density at radius 2 is 1.74 bits per heavy atom. The van der Waals surface area contributed by atoms with Gasteiger partial charge in [0.05, 0.1) is 0 Å². The van der Waals surface area contributed by atoms with Gasteiger partial charge in [0.25, 0.3) is 0 Å². The average Bonchev–Trinajstić information content (AvgIpc) is 2.12. The molecule has 1 N–H and O–H groups in total. The summed E-state index contributed by atoms with van der Waals surface area (Å²) in [5.41, 5.74) is 0.113. The third-order valence-corrected chi connectivity index (χ3v) is 8.45. The molecule has 1 rings (SSSR count). The lowest BCUT2D eigenvalue weighted by Gasteiger charge is -2.41. The van der Waals surface area contributed by atoms with Gasteiger partial charge in [-0.15, -0.1) is 0 Å². The van der Waals surface area contributed by atoms with Crippen LogP contribution in [-0.4, -0.2) is 13.4 Å². The first-order chi connectivity index (χ1) is 8.37. The monoisotopic (exact) mass is 304 g/mol. The van der Waals surface area contributed by atoms with Gasteiger partial charge in [-0.3, -0.25) is 0 Å². The summed E-state index contributed by atoms with van der Waals surface area (Å²) in [4.78, 5) is 0. The smallest absolute Gasteiger partial charge is 0.196 e. The molecule has 0 saturated carbocycles. The van der Waals surface area contributed by atoms with Crippen LogP contribution in [0.25, 0.3) is 0 Å². The van der Waals surface area contributed by atoms with E-state index in [4.69, 9.17) is 16.0 Å². The van der Waals surface area contributed by atoms with Crippen molar-refractivity contribution in [2.45, 2.75) is 51.6 Å². The number of aliphatic hydroxyl groups is 1. The standard InChI is InChI=1S/C14H22ClFO2Si/c1-13(2,3)19(5,6)18-14(4,17)11-8-7-10(15)9-12(11)16/h7-9,17H,1-6H3. The fraction of sp³-hybridized carbons (Fsp3) is 0.571. The first kappa shape index (κ1) is 16.6. The van der Waals surface area contributed by atoms with E-state index in [-0.39, 0.29) is 10.6 Å². The van der Waals surface area contributed by atoms with Gasteiger partial charge in [-0.2, -0.15) is 0 Å². The van der Waals surface area contributed by atoms with Crippen molar-refractivity contribution in [1.29, 1.82) is 0 Å². The van der Waals surface area contributed by atoms with Gasteiger partial charge in [0.1, 0.15) is 5.82 Å². The van der Waals surface area contributed by atoms with Gasteiger partial charge >= 0.3 is 0 Å². The second kappa shape index (κ2) is 5.17. The highest BCUT2D eigenvalue weighted by Crippen LogP contribution is 2.41. The number of hydrogen-bond donors (Lipinski definition) is 1. The highest BCUT2D eigenvalue weighted by atomic mass is 35.5. The number of benzene rings is 1. The van der Waals surface area contributed by atoms with Crippen molar-refractivity contribution in [2.75, 3.05) is 0 Å². The van der Waals surface area contributed by atoms with E-state index in [1.807, 2.05) is 13.1 Å². The lowest BCUT2D eigenvalue weighted by Crippen LogP contribution is -2.47. The Morgan fingerprint density at radius 1 is 1.21 bits per heavy atom. The van der Waals surface area contributed by atoms with Crippen molar-refractivity contribution in [3.05, 3.63) is 34.6 Å². The lowest BCUT2D eigenvalue weighted by atomic mass is 10.1. The quantitative estimate of drug-likeness (QED) is 0.650. The van der Waals surface area contributed by atoms with Crippen LogP contribution < -0.4 is 0 Å². The van der Waals surface area contributed by atoms with Crippen molar-refractivity contribution in [3.8, 4) is 0 Å². The molecule has 108 valence electrons. The van der Waals surface area contributed by atoms with Crippen LogP contribution in [0.15, 0.2) is 18.2 Å². The highest BCUT2D eigenvalue weighted by molar-refractivity contribution is 6.74. The number of rotatable bonds is 3. The van der Waals surface area contributed by atoms with Crippen LogP contribution in [0, 0.1) is 5.82 Å². The Kier molecular flexibility index (Phi) is 4.52. The summed E-state index contributed by atoms with van der Waals surface area (Å²) in [6.45, 7) is 11.7. The zero-order valence-electron chi connectivity index (χ0n) is 12.3. The van der Waals surface area contributed by atoms with Gasteiger partial charge < -0.3 is 9.53 Å². The molecule has 1 unspecified atom stereocenters. The molecule has 0 radical (unpaired) electrons. The molecule has 5 heteroatoms. The van der Waals surface area contributed by atoms with Crippen LogP contribution in [0.3, 0.4) is 0 Å². The van der Waals surface area contributed by atoms with Crippen LogP contribution >= 0.6 is 11.6 Å². The molecule has 1 aromatic rings. The van der Waals surface area contributed by atoms with Gasteiger partial charge in [-0.25, -0.2) is 4.39 Å². The first-order valence-electron chi connectivity index (χ1n) is 6.25. The van der Waals surface area contributed by atoms with E-state index in [1.54, 1.807) is 6.07 Å². The van der Waals surface area contributed by atoms with Crippen LogP contribution in [0.4, 0.5) is 4.39 Å². The predicted molar refractivity (Wildman–Crippen MR) is 79.3 cm³/mol. The van der Waals surface area contributed by atoms with Gasteiger partial charge in [-0.05, 0) is 43.3 Å².